The van der Waals surface area contributed by atoms with Crippen molar-refractivity contribution in [2.24, 2.45) is 0 Å². The zero-order chi connectivity index (χ0) is 17.6. The Morgan fingerprint density at radius 1 is 1.04 bits per heavy atom. The standard InChI is InChI=1S/C19H18N2O3S/c1-3-23-14-8-10-15(11-9-14)24-18(22)12-25-19-16-6-4-5-7-17(16)20-13(2)21-19/h4-11H,3,12H2,1-2H3. The van der Waals surface area contributed by atoms with Gasteiger partial charge in [0.1, 0.15) is 22.3 Å². The molecule has 0 fully saturated rings. The van der Waals surface area contributed by atoms with Crippen molar-refractivity contribution in [3.05, 3.63) is 54.4 Å². The molecule has 0 aliphatic carbocycles. The predicted molar refractivity (Wildman–Crippen MR) is 98.2 cm³/mol. The van der Waals surface area contributed by atoms with Crippen molar-refractivity contribution in [3.8, 4) is 11.5 Å². The molecule has 1 aromatic heterocycles. The van der Waals surface area contributed by atoms with Gasteiger partial charge in [0, 0.05) is 5.39 Å². The van der Waals surface area contributed by atoms with Crippen LogP contribution in [-0.2, 0) is 4.79 Å². The van der Waals surface area contributed by atoms with Crippen molar-refractivity contribution in [2.75, 3.05) is 12.4 Å². The number of ether oxygens (including phenoxy) is 2. The van der Waals surface area contributed by atoms with Crippen LogP contribution in [0.15, 0.2) is 53.6 Å². The fourth-order valence-corrected chi connectivity index (χ4v) is 3.17. The first-order valence-electron chi connectivity index (χ1n) is 7.95. The number of para-hydroxylation sites is 1. The van der Waals surface area contributed by atoms with Gasteiger partial charge in [-0.15, -0.1) is 0 Å². The van der Waals surface area contributed by atoms with Gasteiger partial charge in [0.2, 0.25) is 0 Å². The highest BCUT2D eigenvalue weighted by Crippen LogP contribution is 2.25. The van der Waals surface area contributed by atoms with Crippen LogP contribution in [-0.4, -0.2) is 28.3 Å². The van der Waals surface area contributed by atoms with E-state index in [2.05, 4.69) is 9.97 Å². The summed E-state index contributed by atoms with van der Waals surface area (Å²) in [6.07, 6.45) is 0. The highest BCUT2D eigenvalue weighted by molar-refractivity contribution is 8.00. The Kier molecular flexibility index (Phi) is 5.50. The number of benzene rings is 2. The molecule has 3 aromatic rings. The molecule has 128 valence electrons. The summed E-state index contributed by atoms with van der Waals surface area (Å²) in [7, 11) is 0. The molecule has 0 atom stereocenters. The molecule has 0 bridgehead atoms. The molecule has 0 unspecified atom stereocenters. The van der Waals surface area contributed by atoms with Crippen molar-refractivity contribution in [1.82, 2.24) is 9.97 Å². The van der Waals surface area contributed by atoms with Crippen LogP contribution in [0.4, 0.5) is 0 Å². The summed E-state index contributed by atoms with van der Waals surface area (Å²) >= 11 is 1.35. The number of aryl methyl sites for hydroxylation is 1. The summed E-state index contributed by atoms with van der Waals surface area (Å²) in [6.45, 7) is 4.36. The lowest BCUT2D eigenvalue weighted by molar-refractivity contribution is -0.131. The van der Waals surface area contributed by atoms with Crippen molar-refractivity contribution < 1.29 is 14.3 Å². The topological polar surface area (TPSA) is 61.3 Å². The lowest BCUT2D eigenvalue weighted by Gasteiger charge is -2.08. The smallest absolute Gasteiger partial charge is 0.321 e. The number of hydrogen-bond acceptors (Lipinski definition) is 6. The van der Waals surface area contributed by atoms with E-state index in [1.54, 1.807) is 24.3 Å². The van der Waals surface area contributed by atoms with E-state index >= 15 is 0 Å². The largest absolute Gasteiger partial charge is 0.494 e. The van der Waals surface area contributed by atoms with Gasteiger partial charge >= 0.3 is 5.97 Å². The van der Waals surface area contributed by atoms with Gasteiger partial charge in [0.05, 0.1) is 17.9 Å². The molecule has 5 nitrogen and oxygen atoms in total. The fraction of sp³-hybridized carbons (Fsp3) is 0.211. The molecule has 0 saturated carbocycles. The molecular weight excluding hydrogens is 336 g/mol. The van der Waals surface area contributed by atoms with E-state index < -0.39 is 0 Å². The van der Waals surface area contributed by atoms with Crippen LogP contribution in [0, 0.1) is 6.92 Å². The number of carbonyl (C=O) groups is 1. The highest BCUT2D eigenvalue weighted by Gasteiger charge is 2.11. The van der Waals surface area contributed by atoms with Gasteiger partial charge in [-0.1, -0.05) is 30.0 Å². The molecule has 6 heteroatoms. The van der Waals surface area contributed by atoms with Crippen molar-refractivity contribution in [1.29, 1.82) is 0 Å². The zero-order valence-corrected chi connectivity index (χ0v) is 14.9. The molecule has 0 spiro atoms. The van der Waals surface area contributed by atoms with Crippen LogP contribution in [0.2, 0.25) is 0 Å². The number of carbonyl (C=O) groups excluding carboxylic acids is 1. The fourth-order valence-electron chi connectivity index (χ4n) is 2.33. The van der Waals surface area contributed by atoms with E-state index in [-0.39, 0.29) is 11.7 Å². The van der Waals surface area contributed by atoms with Gasteiger partial charge < -0.3 is 9.47 Å². The number of nitrogens with zero attached hydrogens (tertiary/aromatic N) is 2. The Morgan fingerprint density at radius 3 is 2.52 bits per heavy atom. The molecule has 2 aromatic carbocycles. The van der Waals surface area contributed by atoms with Gasteiger partial charge in [-0.05, 0) is 44.2 Å². The summed E-state index contributed by atoms with van der Waals surface area (Å²) in [5.74, 6) is 1.78. The predicted octanol–water partition coefficient (Wildman–Crippen LogP) is 4.03. The molecule has 0 aliphatic rings. The minimum Gasteiger partial charge on any atom is -0.494 e. The lowest BCUT2D eigenvalue weighted by Crippen LogP contribution is -2.11. The second-order valence-corrected chi connectivity index (χ2v) is 6.22. The molecule has 0 aliphatic heterocycles. The molecule has 0 radical (unpaired) electrons. The molecule has 1 heterocycles. The van der Waals surface area contributed by atoms with Crippen LogP contribution in [0.3, 0.4) is 0 Å². The SMILES string of the molecule is CCOc1ccc(OC(=O)CSc2nc(C)nc3ccccc23)cc1. The summed E-state index contributed by atoms with van der Waals surface area (Å²) in [5.41, 5.74) is 0.873. The lowest BCUT2D eigenvalue weighted by atomic mass is 10.2. The molecule has 25 heavy (non-hydrogen) atoms. The Balaban J connectivity index is 1.64. The third kappa shape index (κ3) is 4.48. The van der Waals surface area contributed by atoms with Gasteiger partial charge in [0.15, 0.2) is 0 Å². The Bertz CT molecular complexity index is 881. The number of fused-ring (bicyclic) bond motifs is 1. The second kappa shape index (κ2) is 7.98. The van der Waals surface area contributed by atoms with Crippen LogP contribution in [0.1, 0.15) is 12.7 Å². The van der Waals surface area contributed by atoms with Crippen molar-refractivity contribution in [3.63, 3.8) is 0 Å². The van der Waals surface area contributed by atoms with Crippen LogP contribution >= 0.6 is 11.8 Å². The van der Waals surface area contributed by atoms with E-state index in [0.29, 0.717) is 18.2 Å². The minimum absolute atomic E-state index is 0.174. The van der Waals surface area contributed by atoms with Crippen molar-refractivity contribution in [2.45, 2.75) is 18.9 Å². The summed E-state index contributed by atoms with van der Waals surface area (Å²) in [6, 6.07) is 14.8. The quantitative estimate of drug-likeness (QED) is 0.288. The third-order valence-electron chi connectivity index (χ3n) is 3.37. The second-order valence-electron chi connectivity index (χ2n) is 5.26. The van der Waals surface area contributed by atoms with E-state index in [9.17, 15) is 4.79 Å². The monoisotopic (exact) mass is 354 g/mol. The number of aromatic nitrogens is 2. The highest BCUT2D eigenvalue weighted by atomic mass is 32.2. The summed E-state index contributed by atoms with van der Waals surface area (Å²) in [4.78, 5) is 20.9. The number of rotatable bonds is 6. The van der Waals surface area contributed by atoms with E-state index in [4.69, 9.17) is 9.47 Å². The van der Waals surface area contributed by atoms with Crippen LogP contribution in [0.5, 0.6) is 11.5 Å². The van der Waals surface area contributed by atoms with E-state index in [0.717, 1.165) is 21.7 Å². The van der Waals surface area contributed by atoms with E-state index in [1.807, 2.05) is 38.1 Å². The molecule has 0 amide bonds. The molecular formula is C19H18N2O3S. The average molecular weight is 354 g/mol. The third-order valence-corrected chi connectivity index (χ3v) is 4.34. The van der Waals surface area contributed by atoms with Crippen LogP contribution in [0.25, 0.3) is 10.9 Å². The molecule has 0 N–H and O–H groups in total. The number of thioether (sulfide) groups is 1. The maximum absolute atomic E-state index is 12.1. The maximum atomic E-state index is 12.1. The zero-order valence-electron chi connectivity index (χ0n) is 14.1. The van der Waals surface area contributed by atoms with Gasteiger partial charge in [-0.2, -0.15) is 0 Å². The summed E-state index contributed by atoms with van der Waals surface area (Å²) < 4.78 is 10.7. The molecule has 3 rings (SSSR count). The Labute approximate surface area is 150 Å². The normalized spacial score (nSPS) is 10.6. The Hall–Kier alpha value is -2.60. The average Bonchev–Trinajstić information content (AvgIpc) is 2.61. The maximum Gasteiger partial charge on any atom is 0.321 e. The summed E-state index contributed by atoms with van der Waals surface area (Å²) in [5, 5.41) is 1.72. The molecule has 0 saturated heterocycles. The first-order chi connectivity index (χ1) is 12.2. The first-order valence-corrected chi connectivity index (χ1v) is 8.94. The van der Waals surface area contributed by atoms with Crippen molar-refractivity contribution >= 4 is 28.6 Å². The van der Waals surface area contributed by atoms with Gasteiger partial charge in [0.25, 0.3) is 0 Å². The number of esters is 1. The minimum atomic E-state index is -0.325. The van der Waals surface area contributed by atoms with Gasteiger partial charge in [-0.3, -0.25) is 4.79 Å². The van der Waals surface area contributed by atoms with Crippen LogP contribution < -0.4 is 9.47 Å². The van der Waals surface area contributed by atoms with E-state index in [1.165, 1.54) is 11.8 Å². The Morgan fingerprint density at radius 2 is 1.76 bits per heavy atom. The van der Waals surface area contributed by atoms with Gasteiger partial charge in [-0.25, -0.2) is 9.97 Å². The number of hydrogen-bond donors (Lipinski definition) is 0. The first kappa shape index (κ1) is 17.2.